The van der Waals surface area contributed by atoms with E-state index in [-0.39, 0.29) is 22.5 Å². The van der Waals surface area contributed by atoms with Crippen LogP contribution in [-0.2, 0) is 10.5 Å². The summed E-state index contributed by atoms with van der Waals surface area (Å²) in [6.07, 6.45) is -5.10. The van der Waals surface area contributed by atoms with Gasteiger partial charge in [0.05, 0.1) is 11.0 Å². The highest BCUT2D eigenvalue weighted by Crippen LogP contribution is 2.43. The van der Waals surface area contributed by atoms with E-state index in [0.29, 0.717) is 4.57 Å². The molecular weight excluding hydrogens is 349 g/mol. The molecule has 0 fully saturated rings. The van der Waals surface area contributed by atoms with Crippen molar-refractivity contribution >= 4 is 28.8 Å². The van der Waals surface area contributed by atoms with Crippen LogP contribution in [0.4, 0.5) is 19.1 Å². The molecule has 2 heterocycles. The fraction of sp³-hybridized carbons (Fsp3) is 0.118. The SMILES string of the molecule is O=C(NC1(C(F)(F)F)C(=O)Nc2nc3ccccc3n21)c1ccccc1. The lowest BCUT2D eigenvalue weighted by molar-refractivity contribution is -0.213. The lowest BCUT2D eigenvalue weighted by Gasteiger charge is -2.31. The normalized spacial score (nSPS) is 19.3. The maximum atomic E-state index is 14.1. The van der Waals surface area contributed by atoms with Crippen LogP contribution in [0.1, 0.15) is 10.4 Å². The second kappa shape index (κ2) is 5.32. The van der Waals surface area contributed by atoms with Crippen LogP contribution in [0.15, 0.2) is 54.6 Å². The van der Waals surface area contributed by atoms with Gasteiger partial charge in [0.2, 0.25) is 5.95 Å². The zero-order chi connectivity index (χ0) is 18.5. The summed E-state index contributed by atoms with van der Waals surface area (Å²) in [5, 5.41) is 4.00. The molecule has 0 radical (unpaired) electrons. The molecule has 6 nitrogen and oxygen atoms in total. The van der Waals surface area contributed by atoms with Crippen LogP contribution in [0.25, 0.3) is 11.0 Å². The smallest absolute Gasteiger partial charge is 0.313 e. The van der Waals surface area contributed by atoms with Crippen molar-refractivity contribution in [1.29, 1.82) is 0 Å². The number of aromatic nitrogens is 2. The van der Waals surface area contributed by atoms with Gasteiger partial charge in [0, 0.05) is 5.56 Å². The highest BCUT2D eigenvalue weighted by molar-refractivity contribution is 6.07. The summed E-state index contributed by atoms with van der Waals surface area (Å²) in [6.45, 7) is 0. The number of para-hydroxylation sites is 2. The highest BCUT2D eigenvalue weighted by Gasteiger charge is 2.67. The van der Waals surface area contributed by atoms with Gasteiger partial charge in [-0.25, -0.2) is 4.98 Å². The van der Waals surface area contributed by atoms with Crippen molar-refractivity contribution in [1.82, 2.24) is 14.9 Å². The second-order valence-corrected chi connectivity index (χ2v) is 5.74. The van der Waals surface area contributed by atoms with E-state index in [1.807, 2.05) is 5.32 Å². The van der Waals surface area contributed by atoms with E-state index in [2.05, 4.69) is 10.3 Å². The molecule has 2 amide bonds. The Bertz CT molecular complexity index is 1030. The minimum absolute atomic E-state index is 0.00166. The first-order chi connectivity index (χ1) is 12.3. The fourth-order valence-corrected chi connectivity index (χ4v) is 3.01. The van der Waals surface area contributed by atoms with Gasteiger partial charge in [-0.15, -0.1) is 0 Å². The van der Waals surface area contributed by atoms with Crippen molar-refractivity contribution in [2.45, 2.75) is 11.8 Å². The molecule has 4 rings (SSSR count). The van der Waals surface area contributed by atoms with Gasteiger partial charge in [0.15, 0.2) is 0 Å². The summed E-state index contributed by atoms with van der Waals surface area (Å²) in [5.41, 5.74) is -2.94. The van der Waals surface area contributed by atoms with E-state index in [9.17, 15) is 22.8 Å². The molecule has 1 aromatic heterocycles. The number of hydrogen-bond donors (Lipinski definition) is 2. The number of fused-ring (bicyclic) bond motifs is 3. The first kappa shape index (κ1) is 16.1. The van der Waals surface area contributed by atoms with Gasteiger partial charge in [-0.05, 0) is 24.3 Å². The van der Waals surface area contributed by atoms with Crippen LogP contribution in [0.5, 0.6) is 0 Å². The molecule has 0 saturated carbocycles. The molecule has 0 spiro atoms. The van der Waals surface area contributed by atoms with Crippen LogP contribution >= 0.6 is 0 Å². The summed E-state index contributed by atoms with van der Waals surface area (Å²) in [4.78, 5) is 28.8. The number of halogens is 3. The van der Waals surface area contributed by atoms with E-state index in [4.69, 9.17) is 0 Å². The maximum absolute atomic E-state index is 14.1. The summed E-state index contributed by atoms with van der Waals surface area (Å²) in [5.74, 6) is -2.71. The quantitative estimate of drug-likeness (QED) is 0.738. The number of carbonyl (C=O) groups is 2. The number of benzene rings is 2. The molecule has 1 atom stereocenters. The number of carbonyl (C=O) groups excluding carboxylic acids is 2. The van der Waals surface area contributed by atoms with Crippen molar-refractivity contribution in [2.75, 3.05) is 5.32 Å². The number of alkyl halides is 3. The first-order valence-electron chi connectivity index (χ1n) is 7.58. The zero-order valence-corrected chi connectivity index (χ0v) is 13.0. The molecule has 0 bridgehead atoms. The number of imidazole rings is 1. The van der Waals surface area contributed by atoms with Gasteiger partial charge < -0.3 is 5.32 Å². The number of anilines is 1. The van der Waals surface area contributed by atoms with E-state index in [1.54, 1.807) is 12.1 Å². The van der Waals surface area contributed by atoms with Crippen molar-refractivity contribution in [3.63, 3.8) is 0 Å². The van der Waals surface area contributed by atoms with Crippen LogP contribution in [0, 0.1) is 0 Å². The monoisotopic (exact) mass is 360 g/mol. The van der Waals surface area contributed by atoms with Crippen LogP contribution < -0.4 is 10.6 Å². The third-order valence-corrected chi connectivity index (χ3v) is 4.19. The minimum atomic E-state index is -5.10. The molecule has 26 heavy (non-hydrogen) atoms. The predicted molar refractivity (Wildman–Crippen MR) is 86.3 cm³/mol. The molecule has 0 saturated heterocycles. The standard InChI is InChI=1S/C17H11F3N4O2/c18-17(19,20)16(23-13(25)10-6-2-1-3-7-10)14(26)22-15-21-11-8-4-5-9-12(11)24(15)16/h1-9H,(H,23,25)(H,21,22,26). The molecular formula is C17H11F3N4O2. The molecule has 3 aromatic rings. The van der Waals surface area contributed by atoms with Gasteiger partial charge in [-0.1, -0.05) is 30.3 Å². The second-order valence-electron chi connectivity index (χ2n) is 5.74. The summed E-state index contributed by atoms with van der Waals surface area (Å²) < 4.78 is 43.0. The molecule has 1 unspecified atom stereocenters. The number of nitrogens with zero attached hydrogens (tertiary/aromatic N) is 2. The van der Waals surface area contributed by atoms with Gasteiger partial charge in [-0.2, -0.15) is 13.2 Å². The number of hydrogen-bond acceptors (Lipinski definition) is 3. The molecule has 2 aromatic carbocycles. The Hall–Kier alpha value is -3.36. The molecule has 132 valence electrons. The van der Waals surface area contributed by atoms with E-state index < -0.39 is 23.7 Å². The third-order valence-electron chi connectivity index (χ3n) is 4.19. The highest BCUT2D eigenvalue weighted by atomic mass is 19.4. The molecule has 2 N–H and O–H groups in total. The number of nitrogens with one attached hydrogen (secondary N) is 2. The van der Waals surface area contributed by atoms with Crippen molar-refractivity contribution in [3.05, 3.63) is 60.2 Å². The lowest BCUT2D eigenvalue weighted by atomic mass is 10.1. The predicted octanol–water partition coefficient (Wildman–Crippen LogP) is 2.63. The zero-order valence-electron chi connectivity index (χ0n) is 13.0. The van der Waals surface area contributed by atoms with Gasteiger partial charge in [-0.3, -0.25) is 19.5 Å². The average molecular weight is 360 g/mol. The first-order valence-corrected chi connectivity index (χ1v) is 7.58. The Morgan fingerprint density at radius 3 is 2.42 bits per heavy atom. The van der Waals surface area contributed by atoms with Gasteiger partial charge in [0.1, 0.15) is 0 Å². The Labute approximate surface area is 144 Å². The van der Waals surface area contributed by atoms with Crippen LogP contribution in [-0.4, -0.2) is 27.5 Å². The number of amides is 2. The largest absolute Gasteiger partial charge is 0.440 e. The summed E-state index contributed by atoms with van der Waals surface area (Å²) in [7, 11) is 0. The maximum Gasteiger partial charge on any atom is 0.440 e. The molecule has 1 aliphatic heterocycles. The van der Waals surface area contributed by atoms with Crippen molar-refractivity contribution < 1.29 is 22.8 Å². The summed E-state index contributed by atoms with van der Waals surface area (Å²) in [6, 6.07) is 13.4. The Kier molecular flexibility index (Phi) is 3.30. The van der Waals surface area contributed by atoms with E-state index >= 15 is 0 Å². The number of rotatable bonds is 2. The topological polar surface area (TPSA) is 76.0 Å². The summed E-state index contributed by atoms with van der Waals surface area (Å²) >= 11 is 0. The lowest BCUT2D eigenvalue weighted by Crippen LogP contribution is -2.63. The van der Waals surface area contributed by atoms with Gasteiger partial charge in [0.25, 0.3) is 17.5 Å². The Morgan fingerprint density at radius 2 is 1.73 bits per heavy atom. The average Bonchev–Trinajstić information content (AvgIpc) is 3.09. The van der Waals surface area contributed by atoms with E-state index in [1.165, 1.54) is 42.5 Å². The van der Waals surface area contributed by atoms with Gasteiger partial charge >= 0.3 is 6.18 Å². The molecule has 0 aliphatic carbocycles. The van der Waals surface area contributed by atoms with Crippen LogP contribution in [0.3, 0.4) is 0 Å². The van der Waals surface area contributed by atoms with Crippen molar-refractivity contribution in [3.8, 4) is 0 Å². The molecule has 1 aliphatic rings. The van der Waals surface area contributed by atoms with Crippen molar-refractivity contribution in [2.24, 2.45) is 0 Å². The third kappa shape index (κ3) is 2.10. The molecule has 9 heteroatoms. The minimum Gasteiger partial charge on any atom is -0.313 e. The Morgan fingerprint density at radius 1 is 1.08 bits per heavy atom. The van der Waals surface area contributed by atoms with Crippen LogP contribution in [0.2, 0.25) is 0 Å². The fourth-order valence-electron chi connectivity index (χ4n) is 3.01. The van der Waals surface area contributed by atoms with E-state index in [0.717, 1.165) is 0 Å². The Balaban J connectivity index is 1.92.